The van der Waals surface area contributed by atoms with Crippen molar-refractivity contribution >= 4 is 50.0 Å². The van der Waals surface area contributed by atoms with Gasteiger partial charge in [0.2, 0.25) is 0 Å². The van der Waals surface area contributed by atoms with Gasteiger partial charge in [0.25, 0.3) is 11.2 Å². The summed E-state index contributed by atoms with van der Waals surface area (Å²) in [5.41, 5.74) is 3.56. The molecule has 0 bridgehead atoms. The number of hydrogen-bond acceptors (Lipinski definition) is 6. The van der Waals surface area contributed by atoms with Crippen LogP contribution in [0.15, 0.2) is 83.8 Å². The molecule has 0 aliphatic rings. The Bertz CT molecular complexity index is 1830. The van der Waals surface area contributed by atoms with Crippen LogP contribution in [0.25, 0.3) is 33.0 Å². The number of aromatic nitrogens is 3. The Morgan fingerprint density at radius 1 is 1.00 bits per heavy atom. The maximum atomic E-state index is 13.2. The summed E-state index contributed by atoms with van der Waals surface area (Å²) in [6.45, 7) is 0.968. The normalized spacial score (nSPS) is 12.2. The van der Waals surface area contributed by atoms with Crippen LogP contribution >= 0.6 is 11.3 Å². The van der Waals surface area contributed by atoms with E-state index in [0.717, 1.165) is 27.5 Å². The predicted octanol–water partition coefficient (Wildman–Crippen LogP) is 4.40. The molecule has 0 aliphatic heterocycles. The van der Waals surface area contributed by atoms with Gasteiger partial charge < -0.3 is 9.30 Å². The molecule has 0 atom stereocenters. The molecule has 0 saturated carbocycles. The van der Waals surface area contributed by atoms with Gasteiger partial charge in [-0.3, -0.25) is 14.9 Å². The minimum Gasteiger partial charge on any atom is -0.492 e. The molecule has 6 aromatic rings. The summed E-state index contributed by atoms with van der Waals surface area (Å²) in [6, 6.07) is 21.7. The third-order valence-corrected chi connectivity index (χ3v) is 6.87. The van der Waals surface area contributed by atoms with Crippen molar-refractivity contribution in [2.75, 3.05) is 6.61 Å². The molecular weight excluding hydrogens is 464 g/mol. The van der Waals surface area contributed by atoms with E-state index in [-0.39, 0.29) is 11.2 Å². The molecule has 35 heavy (non-hydrogen) atoms. The van der Waals surface area contributed by atoms with Gasteiger partial charge in [0, 0.05) is 34.8 Å². The molecule has 3 aromatic heterocycles. The molecule has 6 rings (SSSR count). The van der Waals surface area contributed by atoms with Crippen molar-refractivity contribution in [1.29, 1.82) is 0 Å². The number of nitro groups is 1. The molecule has 3 aromatic carbocycles. The summed E-state index contributed by atoms with van der Waals surface area (Å²) >= 11 is 1.38. The number of rotatable bonds is 6. The molecule has 172 valence electrons. The summed E-state index contributed by atoms with van der Waals surface area (Å²) in [7, 11) is 0. The van der Waals surface area contributed by atoms with Gasteiger partial charge in [-0.2, -0.15) is 0 Å². The van der Waals surface area contributed by atoms with E-state index in [0.29, 0.717) is 28.4 Å². The highest BCUT2D eigenvalue weighted by Crippen LogP contribution is 2.23. The number of para-hydroxylation sites is 3. The molecule has 0 spiro atoms. The molecule has 0 amide bonds. The monoisotopic (exact) mass is 482 g/mol. The SMILES string of the molecule is O=c1/c(=C/c2cn(CCOc3ccc([N+](=O)[O-])cc3)c3ccccc23)sc2nc3ccccc3n12. The third-order valence-electron chi connectivity index (χ3n) is 5.90. The maximum Gasteiger partial charge on any atom is 0.274 e. The fourth-order valence-electron chi connectivity index (χ4n) is 4.25. The first kappa shape index (κ1) is 21.1. The van der Waals surface area contributed by atoms with Crippen LogP contribution in [-0.2, 0) is 6.54 Å². The van der Waals surface area contributed by atoms with Gasteiger partial charge in [0.1, 0.15) is 12.4 Å². The van der Waals surface area contributed by atoms with Gasteiger partial charge in [-0.15, -0.1) is 0 Å². The second kappa shape index (κ2) is 8.37. The number of hydrogen-bond donors (Lipinski definition) is 0. The largest absolute Gasteiger partial charge is 0.492 e. The van der Waals surface area contributed by atoms with Crippen molar-refractivity contribution in [3.63, 3.8) is 0 Å². The van der Waals surface area contributed by atoms with Crippen molar-refractivity contribution in [1.82, 2.24) is 14.0 Å². The molecule has 3 heterocycles. The van der Waals surface area contributed by atoms with Crippen LogP contribution in [0.1, 0.15) is 5.56 Å². The number of non-ortho nitro benzene ring substituents is 1. The van der Waals surface area contributed by atoms with Gasteiger partial charge in [-0.05, 0) is 36.4 Å². The quantitative estimate of drug-likeness (QED) is 0.259. The lowest BCUT2D eigenvalue weighted by molar-refractivity contribution is -0.384. The zero-order chi connectivity index (χ0) is 23.9. The number of thiazole rings is 1. The molecule has 0 N–H and O–H groups in total. The van der Waals surface area contributed by atoms with Gasteiger partial charge in [0.05, 0.1) is 27.0 Å². The van der Waals surface area contributed by atoms with E-state index in [4.69, 9.17) is 4.74 Å². The first-order valence-corrected chi connectivity index (χ1v) is 11.8. The lowest BCUT2D eigenvalue weighted by atomic mass is 10.2. The van der Waals surface area contributed by atoms with Crippen LogP contribution in [-0.4, -0.2) is 25.5 Å². The maximum absolute atomic E-state index is 13.2. The molecule has 0 unspecified atom stereocenters. The Morgan fingerprint density at radius 3 is 2.54 bits per heavy atom. The minimum atomic E-state index is -0.436. The summed E-state index contributed by atoms with van der Waals surface area (Å²) in [4.78, 5) is 28.8. The number of nitrogens with zero attached hydrogens (tertiary/aromatic N) is 4. The zero-order valence-corrected chi connectivity index (χ0v) is 19.1. The standard InChI is InChI=1S/C26H18N4O4S/c31-25-24(35-26-27-21-6-2-4-8-23(21)29(25)26)15-17-16-28(22-7-3-1-5-20(17)22)13-14-34-19-11-9-18(10-12-19)30(32)33/h1-12,15-16H,13-14H2/b24-15-. The topological polar surface area (TPSA) is 91.7 Å². The molecule has 0 radical (unpaired) electrons. The fourth-order valence-corrected chi connectivity index (χ4v) is 5.23. The first-order valence-electron chi connectivity index (χ1n) is 11.0. The number of fused-ring (bicyclic) bond motifs is 4. The van der Waals surface area contributed by atoms with Crippen molar-refractivity contribution < 1.29 is 9.66 Å². The highest BCUT2D eigenvalue weighted by molar-refractivity contribution is 7.15. The molecule has 9 heteroatoms. The third kappa shape index (κ3) is 3.71. The van der Waals surface area contributed by atoms with Crippen molar-refractivity contribution in [3.05, 3.63) is 110 Å². The van der Waals surface area contributed by atoms with E-state index in [9.17, 15) is 14.9 Å². The zero-order valence-electron chi connectivity index (χ0n) is 18.3. The second-order valence-corrected chi connectivity index (χ2v) is 9.04. The summed E-state index contributed by atoms with van der Waals surface area (Å²) in [6.07, 6.45) is 3.94. The number of benzene rings is 3. The molecule has 0 fully saturated rings. The van der Waals surface area contributed by atoms with Crippen LogP contribution < -0.4 is 14.8 Å². The Morgan fingerprint density at radius 2 is 1.74 bits per heavy atom. The van der Waals surface area contributed by atoms with E-state index < -0.39 is 4.92 Å². The van der Waals surface area contributed by atoms with Gasteiger partial charge in [0.15, 0.2) is 4.96 Å². The Hall–Kier alpha value is -4.50. The predicted molar refractivity (Wildman–Crippen MR) is 136 cm³/mol. The summed E-state index contributed by atoms with van der Waals surface area (Å²) in [5, 5.41) is 11.9. The van der Waals surface area contributed by atoms with Gasteiger partial charge in [-0.1, -0.05) is 41.7 Å². The lowest BCUT2D eigenvalue weighted by Crippen LogP contribution is -2.22. The van der Waals surface area contributed by atoms with Gasteiger partial charge >= 0.3 is 0 Å². The number of nitro benzene ring substituents is 1. The number of imidazole rings is 1. The Kier molecular flexibility index (Phi) is 5.04. The van der Waals surface area contributed by atoms with E-state index in [1.165, 1.54) is 23.5 Å². The van der Waals surface area contributed by atoms with Crippen LogP contribution in [0, 0.1) is 10.1 Å². The average Bonchev–Trinajstić information content (AvgIpc) is 3.51. The lowest BCUT2D eigenvalue weighted by Gasteiger charge is -2.08. The van der Waals surface area contributed by atoms with Crippen molar-refractivity contribution in [3.8, 4) is 5.75 Å². The highest BCUT2D eigenvalue weighted by Gasteiger charge is 2.12. The van der Waals surface area contributed by atoms with Crippen LogP contribution in [0.2, 0.25) is 0 Å². The Balaban J connectivity index is 1.32. The molecule has 0 aliphatic carbocycles. The minimum absolute atomic E-state index is 0.0284. The van der Waals surface area contributed by atoms with Crippen molar-refractivity contribution in [2.45, 2.75) is 6.54 Å². The van der Waals surface area contributed by atoms with Crippen LogP contribution in [0.3, 0.4) is 0 Å². The van der Waals surface area contributed by atoms with E-state index in [1.807, 2.05) is 60.8 Å². The van der Waals surface area contributed by atoms with E-state index >= 15 is 0 Å². The first-order chi connectivity index (χ1) is 17.1. The molecule has 0 saturated heterocycles. The Labute approximate surface area is 202 Å². The smallest absolute Gasteiger partial charge is 0.274 e. The highest BCUT2D eigenvalue weighted by atomic mass is 32.1. The van der Waals surface area contributed by atoms with Crippen LogP contribution in [0.5, 0.6) is 5.75 Å². The summed E-state index contributed by atoms with van der Waals surface area (Å²) in [5.74, 6) is 0.573. The summed E-state index contributed by atoms with van der Waals surface area (Å²) < 4.78 is 10.2. The van der Waals surface area contributed by atoms with Gasteiger partial charge in [-0.25, -0.2) is 9.38 Å². The van der Waals surface area contributed by atoms with E-state index in [2.05, 4.69) is 9.55 Å². The molecule has 8 nitrogen and oxygen atoms in total. The number of ether oxygens (including phenoxy) is 1. The molecular formula is C26H18N4O4S. The second-order valence-electron chi connectivity index (χ2n) is 8.03. The van der Waals surface area contributed by atoms with Crippen LogP contribution in [0.4, 0.5) is 5.69 Å². The fraction of sp³-hybridized carbons (Fsp3) is 0.0769. The van der Waals surface area contributed by atoms with E-state index in [1.54, 1.807) is 16.5 Å². The average molecular weight is 483 g/mol. The van der Waals surface area contributed by atoms with Crippen molar-refractivity contribution in [2.24, 2.45) is 0 Å².